The Morgan fingerprint density at radius 3 is 2.30 bits per heavy atom. The smallest absolute Gasteiger partial charge is 0.410 e. The molecule has 1 N–H and O–H groups in total. The Bertz CT molecular complexity index is 1450. The van der Waals surface area contributed by atoms with Crippen molar-refractivity contribution in [2.75, 3.05) is 50.9 Å². The number of pyridine rings is 1. The number of aromatic amines is 1. The third-order valence-electron chi connectivity index (χ3n) is 9.00. The van der Waals surface area contributed by atoms with E-state index in [0.717, 1.165) is 5.56 Å². The highest BCUT2D eigenvalue weighted by molar-refractivity contribution is 5.97. The van der Waals surface area contributed by atoms with Crippen LogP contribution < -0.4 is 15.2 Å². The largest absolute Gasteiger partial charge is 0.475 e. The summed E-state index contributed by atoms with van der Waals surface area (Å²) >= 11 is 0. The first kappa shape index (κ1) is 33.9. The van der Waals surface area contributed by atoms with Crippen LogP contribution in [0.3, 0.4) is 0 Å². The Morgan fingerprint density at radius 2 is 1.65 bits per heavy atom. The molecule has 2 amide bonds. The van der Waals surface area contributed by atoms with Gasteiger partial charge in [-0.2, -0.15) is 0 Å². The summed E-state index contributed by atoms with van der Waals surface area (Å²) in [5, 5.41) is 0. The summed E-state index contributed by atoms with van der Waals surface area (Å²) < 4.78 is 30.9. The fraction of sp³-hybridized carbons (Fsp3) is 0.618. The molecule has 12 heteroatoms. The molecule has 1 aromatic heterocycles. The molecule has 2 aromatic rings. The average Bonchev–Trinajstić information content (AvgIpc) is 2.96. The number of carbonyl (C=O) groups is 2. The van der Waals surface area contributed by atoms with Crippen molar-refractivity contribution < 1.29 is 28.2 Å². The number of nitrogens with one attached hydrogen (secondary N) is 1. The van der Waals surface area contributed by atoms with Gasteiger partial charge in [0.05, 0.1) is 25.8 Å². The SMILES string of the molecule is C[C@@H]1CN(CC(=O)N2c3cc(Cc4ccc(F)cc4)c(=O)[nH]c3OC[C@@H]2C)[C@@H](CN2[C@H](C)COC[C@H]2C)CN1C(=O)OC(C)(C)C. The van der Waals surface area contributed by atoms with Gasteiger partial charge in [-0.25, -0.2) is 9.18 Å². The van der Waals surface area contributed by atoms with Crippen molar-refractivity contribution >= 4 is 17.7 Å². The predicted molar refractivity (Wildman–Crippen MR) is 173 cm³/mol. The number of piperazine rings is 1. The van der Waals surface area contributed by atoms with Crippen molar-refractivity contribution in [3.05, 3.63) is 57.6 Å². The normalized spacial score (nSPS) is 26.0. The number of ether oxygens (including phenoxy) is 3. The fourth-order valence-electron chi connectivity index (χ4n) is 6.62. The Morgan fingerprint density at radius 1 is 0.978 bits per heavy atom. The molecule has 3 aliphatic rings. The number of amides is 2. The van der Waals surface area contributed by atoms with Crippen molar-refractivity contribution in [1.29, 1.82) is 0 Å². The molecule has 4 heterocycles. The molecule has 2 saturated heterocycles. The van der Waals surface area contributed by atoms with Gasteiger partial charge >= 0.3 is 6.09 Å². The first-order chi connectivity index (χ1) is 21.7. The van der Waals surface area contributed by atoms with Crippen molar-refractivity contribution in [1.82, 2.24) is 19.7 Å². The van der Waals surface area contributed by atoms with Gasteiger partial charge in [-0.05, 0) is 72.2 Å². The predicted octanol–water partition coefficient (Wildman–Crippen LogP) is 3.64. The first-order valence-electron chi connectivity index (χ1n) is 16.2. The van der Waals surface area contributed by atoms with Crippen LogP contribution in [0.1, 0.15) is 59.6 Å². The zero-order chi connectivity index (χ0) is 33.3. The maximum Gasteiger partial charge on any atom is 0.410 e. The van der Waals surface area contributed by atoms with Crippen molar-refractivity contribution in [2.45, 2.75) is 90.7 Å². The van der Waals surface area contributed by atoms with E-state index in [0.29, 0.717) is 44.1 Å². The molecular weight excluding hydrogens is 593 g/mol. The van der Waals surface area contributed by atoms with Crippen molar-refractivity contribution in [3.8, 4) is 5.88 Å². The maximum atomic E-state index is 14.3. The minimum absolute atomic E-state index is 0.122. The van der Waals surface area contributed by atoms with Crippen LogP contribution >= 0.6 is 0 Å². The van der Waals surface area contributed by atoms with Gasteiger partial charge in [0.1, 0.15) is 23.7 Å². The van der Waals surface area contributed by atoms with Crippen LogP contribution in [0.4, 0.5) is 14.9 Å². The second-order valence-electron chi connectivity index (χ2n) is 14.1. The van der Waals surface area contributed by atoms with E-state index in [4.69, 9.17) is 14.2 Å². The van der Waals surface area contributed by atoms with E-state index in [1.165, 1.54) is 12.1 Å². The number of halogens is 1. The number of nitrogens with zero attached hydrogens (tertiary/aromatic N) is 4. The van der Waals surface area contributed by atoms with Crippen molar-refractivity contribution in [2.24, 2.45) is 0 Å². The van der Waals surface area contributed by atoms with Crippen LogP contribution in [0.25, 0.3) is 0 Å². The second kappa shape index (κ2) is 13.7. The number of fused-ring (bicyclic) bond motifs is 1. The Kier molecular flexibility index (Phi) is 10.1. The average molecular weight is 642 g/mol. The number of hydrogen-bond donors (Lipinski definition) is 1. The highest BCUT2D eigenvalue weighted by Crippen LogP contribution is 2.33. The minimum atomic E-state index is -0.622. The lowest BCUT2D eigenvalue weighted by Gasteiger charge is -2.49. The second-order valence-corrected chi connectivity index (χ2v) is 14.1. The molecule has 0 aliphatic carbocycles. The van der Waals surface area contributed by atoms with Crippen molar-refractivity contribution in [3.63, 3.8) is 0 Å². The van der Waals surface area contributed by atoms with Crippen LogP contribution in [0, 0.1) is 5.82 Å². The van der Waals surface area contributed by atoms with Crippen LogP contribution in [0.2, 0.25) is 0 Å². The first-order valence-corrected chi connectivity index (χ1v) is 16.2. The topological polar surface area (TPSA) is 108 Å². The summed E-state index contributed by atoms with van der Waals surface area (Å²) in [5.41, 5.74) is 0.802. The zero-order valence-electron chi connectivity index (χ0n) is 28.0. The Hall–Kier alpha value is -3.48. The molecule has 0 spiro atoms. The minimum Gasteiger partial charge on any atom is -0.475 e. The number of H-pyrrole nitrogens is 1. The van der Waals surface area contributed by atoms with Crippen LogP contribution in [0.15, 0.2) is 35.1 Å². The van der Waals surface area contributed by atoms with Gasteiger partial charge in [0.15, 0.2) is 0 Å². The summed E-state index contributed by atoms with van der Waals surface area (Å²) in [6.07, 6.45) is -0.0750. The van der Waals surface area contributed by atoms with Gasteiger partial charge in [0.2, 0.25) is 11.8 Å². The van der Waals surface area contributed by atoms with Gasteiger partial charge in [0, 0.05) is 55.8 Å². The molecule has 2 fully saturated rings. The quantitative estimate of drug-likeness (QED) is 0.510. The number of hydrogen-bond acceptors (Lipinski definition) is 8. The zero-order valence-corrected chi connectivity index (χ0v) is 28.0. The molecule has 0 radical (unpaired) electrons. The molecule has 5 rings (SSSR count). The Balaban J connectivity index is 1.40. The summed E-state index contributed by atoms with van der Waals surface area (Å²) in [7, 11) is 0. The Labute approximate surface area is 270 Å². The van der Waals surface area contributed by atoms with Gasteiger partial charge in [-0.1, -0.05) is 12.1 Å². The van der Waals surface area contributed by atoms with E-state index in [2.05, 4.69) is 28.6 Å². The highest BCUT2D eigenvalue weighted by Gasteiger charge is 2.41. The lowest BCUT2D eigenvalue weighted by molar-refractivity contribution is -0.123. The third-order valence-corrected chi connectivity index (χ3v) is 9.00. The maximum absolute atomic E-state index is 14.3. The summed E-state index contributed by atoms with van der Waals surface area (Å²) in [6.45, 7) is 17.0. The van der Waals surface area contributed by atoms with Crippen LogP contribution in [-0.4, -0.2) is 113 Å². The summed E-state index contributed by atoms with van der Waals surface area (Å²) in [6, 6.07) is 7.53. The van der Waals surface area contributed by atoms with E-state index in [1.54, 1.807) is 28.0 Å². The van der Waals surface area contributed by atoms with E-state index >= 15 is 0 Å². The van der Waals surface area contributed by atoms with Gasteiger partial charge in [-0.3, -0.25) is 24.4 Å². The number of rotatable bonds is 6. The summed E-state index contributed by atoms with van der Waals surface area (Å²) in [5.74, 6) is -0.211. The molecule has 0 unspecified atom stereocenters. The molecule has 1 aromatic carbocycles. The molecule has 0 bridgehead atoms. The van der Waals surface area contributed by atoms with Gasteiger partial charge < -0.3 is 24.0 Å². The fourth-order valence-corrected chi connectivity index (χ4v) is 6.62. The van der Waals surface area contributed by atoms with E-state index in [9.17, 15) is 18.8 Å². The molecule has 0 saturated carbocycles. The van der Waals surface area contributed by atoms with E-state index in [-0.39, 0.29) is 79.0 Å². The number of anilines is 1. The molecule has 3 aliphatic heterocycles. The molecule has 11 nitrogen and oxygen atoms in total. The molecular formula is C34H48FN5O6. The number of aromatic nitrogens is 1. The highest BCUT2D eigenvalue weighted by atomic mass is 19.1. The molecule has 46 heavy (non-hydrogen) atoms. The van der Waals surface area contributed by atoms with E-state index in [1.807, 2.05) is 34.6 Å². The van der Waals surface area contributed by atoms with Crippen LogP contribution in [-0.2, 0) is 20.7 Å². The lowest BCUT2D eigenvalue weighted by Crippen LogP contribution is -2.65. The monoisotopic (exact) mass is 641 g/mol. The number of morpholine rings is 1. The van der Waals surface area contributed by atoms with Crippen LogP contribution in [0.5, 0.6) is 5.88 Å². The molecule has 252 valence electrons. The van der Waals surface area contributed by atoms with Gasteiger partial charge in [-0.15, -0.1) is 0 Å². The number of carbonyl (C=O) groups excluding carboxylic acids is 2. The lowest BCUT2D eigenvalue weighted by atomic mass is 10.0. The van der Waals surface area contributed by atoms with Gasteiger partial charge in [0.25, 0.3) is 5.56 Å². The van der Waals surface area contributed by atoms with E-state index < -0.39 is 5.60 Å². The number of benzene rings is 1. The third kappa shape index (κ3) is 7.72. The summed E-state index contributed by atoms with van der Waals surface area (Å²) in [4.78, 5) is 51.4. The standard InChI is InChI=1S/C34H48FN5O6/c1-21-14-37(28(15-38-22(2)18-44-19-23(38)3)16-39(21)33(43)46-34(5,6)7)17-30(41)40-24(4)20-45-32-29(40)13-26(31(42)36-32)12-25-8-10-27(35)11-9-25/h8-11,13,21-24,28H,12,14-20H2,1-7H3,(H,36,42)/t21-,22-,23-,24+,28+/m1/s1. The molecule has 5 atom stereocenters.